The number of ether oxygens (including phenoxy) is 1. The van der Waals surface area contributed by atoms with E-state index in [1.54, 1.807) is 24.5 Å². The Morgan fingerprint density at radius 2 is 2.32 bits per heavy atom. The molecule has 1 amide bonds. The molecular weight excluding hydrogens is 338 g/mol. The number of thiophene rings is 1. The molecule has 2 aromatic rings. The maximum atomic E-state index is 12.2. The molecule has 1 unspecified atom stereocenters. The molecule has 6 heteroatoms. The minimum Gasteiger partial charge on any atom is -0.465 e. The smallest absolute Gasteiger partial charge is 0.341 e. The van der Waals surface area contributed by atoms with E-state index in [2.05, 4.69) is 12.2 Å². The molecule has 0 spiro atoms. The predicted molar refractivity (Wildman–Crippen MR) is 97.8 cm³/mol. The van der Waals surface area contributed by atoms with Gasteiger partial charge in [-0.1, -0.05) is 13.3 Å². The van der Waals surface area contributed by atoms with Crippen LogP contribution in [0.15, 0.2) is 28.9 Å². The van der Waals surface area contributed by atoms with Crippen LogP contribution in [0.1, 0.15) is 46.3 Å². The second kappa shape index (κ2) is 7.70. The molecule has 0 aliphatic heterocycles. The lowest BCUT2D eigenvalue weighted by molar-refractivity contribution is -0.111. The molecule has 1 aliphatic carbocycles. The summed E-state index contributed by atoms with van der Waals surface area (Å²) in [5.41, 5.74) is 1.55. The van der Waals surface area contributed by atoms with Crippen LogP contribution in [0.3, 0.4) is 0 Å². The summed E-state index contributed by atoms with van der Waals surface area (Å²) in [6.07, 6.45) is 8.53. The van der Waals surface area contributed by atoms with Crippen LogP contribution in [0.2, 0.25) is 0 Å². The van der Waals surface area contributed by atoms with Crippen molar-refractivity contribution < 1.29 is 18.7 Å². The van der Waals surface area contributed by atoms with Crippen molar-refractivity contribution in [3.63, 3.8) is 0 Å². The third-order valence-corrected chi connectivity index (χ3v) is 5.68. The summed E-state index contributed by atoms with van der Waals surface area (Å²) < 4.78 is 10.1. The molecule has 132 valence electrons. The van der Waals surface area contributed by atoms with Crippen LogP contribution in [0.4, 0.5) is 5.00 Å². The number of hydrogen-bond acceptors (Lipinski definition) is 5. The van der Waals surface area contributed by atoms with Gasteiger partial charge in [-0.2, -0.15) is 0 Å². The van der Waals surface area contributed by atoms with Gasteiger partial charge in [0.2, 0.25) is 5.91 Å². The van der Waals surface area contributed by atoms with Crippen LogP contribution in [0, 0.1) is 5.92 Å². The molecular formula is C19H21NO4S. The number of hydrogen-bond donors (Lipinski definition) is 1. The van der Waals surface area contributed by atoms with E-state index < -0.39 is 5.97 Å². The van der Waals surface area contributed by atoms with Crippen LogP contribution in [-0.4, -0.2) is 19.0 Å². The van der Waals surface area contributed by atoms with Gasteiger partial charge >= 0.3 is 5.97 Å². The Hall–Kier alpha value is -2.34. The molecule has 3 rings (SSSR count). The van der Waals surface area contributed by atoms with E-state index in [0.717, 1.165) is 31.2 Å². The normalized spacial score (nSPS) is 16.6. The van der Waals surface area contributed by atoms with Crippen molar-refractivity contribution in [1.29, 1.82) is 0 Å². The van der Waals surface area contributed by atoms with Gasteiger partial charge in [0.25, 0.3) is 0 Å². The van der Waals surface area contributed by atoms with Crippen molar-refractivity contribution in [2.75, 3.05) is 12.4 Å². The number of carbonyl (C=O) groups is 2. The highest BCUT2D eigenvalue weighted by molar-refractivity contribution is 7.17. The van der Waals surface area contributed by atoms with Crippen molar-refractivity contribution >= 4 is 34.3 Å². The zero-order valence-electron chi connectivity index (χ0n) is 14.3. The van der Waals surface area contributed by atoms with Gasteiger partial charge in [0.05, 0.1) is 18.9 Å². The summed E-state index contributed by atoms with van der Waals surface area (Å²) in [4.78, 5) is 25.6. The van der Waals surface area contributed by atoms with Gasteiger partial charge in [-0.3, -0.25) is 4.79 Å². The van der Waals surface area contributed by atoms with Crippen molar-refractivity contribution in [2.45, 2.75) is 32.6 Å². The van der Waals surface area contributed by atoms with E-state index in [4.69, 9.17) is 9.15 Å². The number of fused-ring (bicyclic) bond motifs is 1. The average molecular weight is 359 g/mol. The lowest BCUT2D eigenvalue weighted by atomic mass is 9.86. The summed E-state index contributed by atoms with van der Waals surface area (Å²) in [5, 5.41) is 3.40. The Bertz CT molecular complexity index is 789. The Morgan fingerprint density at radius 1 is 1.48 bits per heavy atom. The van der Waals surface area contributed by atoms with Crippen molar-refractivity contribution in [3.05, 3.63) is 46.2 Å². The van der Waals surface area contributed by atoms with E-state index in [9.17, 15) is 9.59 Å². The maximum Gasteiger partial charge on any atom is 0.341 e. The SMILES string of the molecule is CCC1CCc2c(sc(NC(=O)C=Cc3ccco3)c2C(=O)OC)C1. The molecule has 1 N–H and O–H groups in total. The highest BCUT2D eigenvalue weighted by Gasteiger charge is 2.29. The first-order valence-electron chi connectivity index (χ1n) is 8.37. The Morgan fingerprint density at radius 3 is 3.00 bits per heavy atom. The standard InChI is InChI=1S/C19H21NO4S/c1-3-12-6-8-14-15(11-12)25-18(17(14)19(22)23-2)20-16(21)9-7-13-5-4-10-24-13/h4-5,7,9-10,12H,3,6,8,11H2,1-2H3,(H,20,21). The number of carbonyl (C=O) groups excluding carboxylic acids is 2. The summed E-state index contributed by atoms with van der Waals surface area (Å²) >= 11 is 1.49. The lowest BCUT2D eigenvalue weighted by Gasteiger charge is -2.20. The zero-order valence-corrected chi connectivity index (χ0v) is 15.2. The molecule has 0 aromatic carbocycles. The molecule has 0 saturated heterocycles. The zero-order chi connectivity index (χ0) is 17.8. The molecule has 2 heterocycles. The first-order valence-corrected chi connectivity index (χ1v) is 9.19. The third kappa shape index (κ3) is 3.85. The molecule has 0 bridgehead atoms. The van der Waals surface area contributed by atoms with Gasteiger partial charge in [-0.05, 0) is 49.0 Å². The fraction of sp³-hybridized carbons (Fsp3) is 0.368. The van der Waals surface area contributed by atoms with Crippen LogP contribution in [-0.2, 0) is 22.4 Å². The van der Waals surface area contributed by atoms with Crippen LogP contribution in [0.25, 0.3) is 6.08 Å². The van der Waals surface area contributed by atoms with Gasteiger partial charge in [-0.25, -0.2) is 4.79 Å². The second-order valence-electron chi connectivity index (χ2n) is 6.05. The molecule has 1 aliphatic rings. The van der Waals surface area contributed by atoms with Crippen LogP contribution >= 0.6 is 11.3 Å². The number of esters is 1. The van der Waals surface area contributed by atoms with Crippen molar-refractivity contribution in [2.24, 2.45) is 5.92 Å². The molecule has 0 fully saturated rings. The topological polar surface area (TPSA) is 68.5 Å². The lowest BCUT2D eigenvalue weighted by Crippen LogP contribution is -2.15. The van der Waals surface area contributed by atoms with E-state index in [1.807, 2.05) is 0 Å². The van der Waals surface area contributed by atoms with Crippen molar-refractivity contribution in [1.82, 2.24) is 0 Å². The number of methoxy groups -OCH3 is 1. The molecule has 5 nitrogen and oxygen atoms in total. The predicted octanol–water partition coefficient (Wildman–Crippen LogP) is 4.29. The fourth-order valence-electron chi connectivity index (χ4n) is 3.11. The highest BCUT2D eigenvalue weighted by Crippen LogP contribution is 2.40. The highest BCUT2D eigenvalue weighted by atomic mass is 32.1. The summed E-state index contributed by atoms with van der Waals surface area (Å²) in [6, 6.07) is 3.52. The monoisotopic (exact) mass is 359 g/mol. The maximum absolute atomic E-state index is 12.2. The first kappa shape index (κ1) is 17.5. The second-order valence-corrected chi connectivity index (χ2v) is 7.16. The summed E-state index contributed by atoms with van der Waals surface area (Å²) in [6.45, 7) is 2.19. The number of amides is 1. The Kier molecular flexibility index (Phi) is 5.38. The van der Waals surface area contributed by atoms with E-state index in [1.165, 1.54) is 29.4 Å². The first-order chi connectivity index (χ1) is 12.1. The van der Waals surface area contributed by atoms with Gasteiger partial charge in [0, 0.05) is 11.0 Å². The van der Waals surface area contributed by atoms with E-state index in [-0.39, 0.29) is 5.91 Å². The molecule has 1 atom stereocenters. The number of furan rings is 1. The van der Waals surface area contributed by atoms with Crippen LogP contribution < -0.4 is 5.32 Å². The number of anilines is 1. The average Bonchev–Trinajstić information content (AvgIpc) is 3.25. The Labute approximate surface area is 150 Å². The fourth-order valence-corrected chi connectivity index (χ4v) is 4.46. The Balaban J connectivity index is 1.83. The minimum atomic E-state index is -0.391. The minimum absolute atomic E-state index is 0.299. The number of rotatable bonds is 5. The number of nitrogens with one attached hydrogen (secondary N) is 1. The van der Waals surface area contributed by atoms with E-state index >= 15 is 0 Å². The van der Waals surface area contributed by atoms with Crippen LogP contribution in [0.5, 0.6) is 0 Å². The molecule has 25 heavy (non-hydrogen) atoms. The molecule has 0 saturated carbocycles. The summed E-state index contributed by atoms with van der Waals surface area (Å²) in [7, 11) is 1.37. The van der Waals surface area contributed by atoms with E-state index in [0.29, 0.717) is 22.2 Å². The largest absolute Gasteiger partial charge is 0.465 e. The summed E-state index contributed by atoms with van der Waals surface area (Å²) in [5.74, 6) is 0.545. The van der Waals surface area contributed by atoms with Crippen molar-refractivity contribution in [3.8, 4) is 0 Å². The third-order valence-electron chi connectivity index (χ3n) is 4.51. The quantitative estimate of drug-likeness (QED) is 0.638. The van der Waals surface area contributed by atoms with Gasteiger partial charge in [0.15, 0.2) is 0 Å². The molecule has 2 aromatic heterocycles. The van der Waals surface area contributed by atoms with Gasteiger partial charge < -0.3 is 14.5 Å². The van der Waals surface area contributed by atoms with Gasteiger partial charge in [-0.15, -0.1) is 11.3 Å². The van der Waals surface area contributed by atoms with Gasteiger partial charge in [0.1, 0.15) is 10.8 Å². The molecule has 0 radical (unpaired) electrons.